The highest BCUT2D eigenvalue weighted by Crippen LogP contribution is 2.26. The van der Waals surface area contributed by atoms with Crippen LogP contribution in [0.5, 0.6) is 0 Å². The van der Waals surface area contributed by atoms with Crippen molar-refractivity contribution in [3.05, 3.63) is 24.4 Å². The summed E-state index contributed by atoms with van der Waals surface area (Å²) >= 11 is 3.22. The first-order valence-corrected chi connectivity index (χ1v) is 7.18. The number of aromatic nitrogens is 1. The lowest BCUT2D eigenvalue weighted by Crippen LogP contribution is -2.23. The van der Waals surface area contributed by atoms with Gasteiger partial charge in [-0.1, -0.05) is 29.6 Å². The van der Waals surface area contributed by atoms with Crippen molar-refractivity contribution in [2.24, 2.45) is 4.99 Å². The molecule has 6 heteroatoms. The highest BCUT2D eigenvalue weighted by molar-refractivity contribution is 8.39. The number of carbonyl (C=O) groups is 1. The van der Waals surface area contributed by atoms with Crippen molar-refractivity contribution < 1.29 is 4.79 Å². The lowest BCUT2D eigenvalue weighted by atomic mass is 10.4. The number of anilines is 1. The lowest BCUT2D eigenvalue weighted by Gasteiger charge is -2.10. The van der Waals surface area contributed by atoms with Gasteiger partial charge < -0.3 is 5.32 Å². The van der Waals surface area contributed by atoms with Gasteiger partial charge in [-0.05, 0) is 19.1 Å². The summed E-state index contributed by atoms with van der Waals surface area (Å²) < 4.78 is 1.01. The average Bonchev–Trinajstić information content (AvgIpc) is 2.83. The van der Waals surface area contributed by atoms with Crippen LogP contribution in [0.3, 0.4) is 0 Å². The average molecular weight is 267 g/mol. The van der Waals surface area contributed by atoms with Crippen LogP contribution in [-0.2, 0) is 4.79 Å². The van der Waals surface area contributed by atoms with E-state index in [1.165, 1.54) is 11.8 Å². The molecule has 0 spiro atoms. The SMILES string of the molecule is CC(SC1=NCCS1)C(=O)Nc1ccccn1. The Bertz CT molecular complexity index is 422. The number of aliphatic imine (C=N–C) groups is 1. The van der Waals surface area contributed by atoms with E-state index in [-0.39, 0.29) is 11.2 Å². The molecule has 1 N–H and O–H groups in total. The molecule has 0 saturated heterocycles. The lowest BCUT2D eigenvalue weighted by molar-refractivity contribution is -0.115. The summed E-state index contributed by atoms with van der Waals surface area (Å²) in [4.78, 5) is 20.2. The summed E-state index contributed by atoms with van der Waals surface area (Å²) in [6.07, 6.45) is 1.66. The molecule has 1 aromatic rings. The number of nitrogens with zero attached hydrogens (tertiary/aromatic N) is 2. The van der Waals surface area contributed by atoms with E-state index in [9.17, 15) is 4.79 Å². The minimum absolute atomic E-state index is 0.0381. The minimum Gasteiger partial charge on any atom is -0.310 e. The Morgan fingerprint density at radius 1 is 1.59 bits per heavy atom. The number of amides is 1. The third kappa shape index (κ3) is 3.74. The van der Waals surface area contributed by atoms with E-state index in [0.717, 1.165) is 16.7 Å². The molecule has 0 radical (unpaired) electrons. The van der Waals surface area contributed by atoms with Crippen LogP contribution in [0.2, 0.25) is 0 Å². The van der Waals surface area contributed by atoms with Crippen molar-refractivity contribution in [2.45, 2.75) is 12.2 Å². The zero-order valence-electron chi connectivity index (χ0n) is 9.42. The van der Waals surface area contributed by atoms with Gasteiger partial charge in [0, 0.05) is 11.9 Å². The van der Waals surface area contributed by atoms with E-state index in [1.807, 2.05) is 19.1 Å². The van der Waals surface area contributed by atoms with Gasteiger partial charge in [0.05, 0.1) is 11.8 Å². The monoisotopic (exact) mass is 267 g/mol. The first-order valence-electron chi connectivity index (χ1n) is 5.31. The van der Waals surface area contributed by atoms with Gasteiger partial charge in [0.15, 0.2) is 0 Å². The van der Waals surface area contributed by atoms with Crippen molar-refractivity contribution in [3.63, 3.8) is 0 Å². The third-order valence-corrected chi connectivity index (χ3v) is 4.42. The number of hydrogen-bond acceptors (Lipinski definition) is 5. The van der Waals surface area contributed by atoms with E-state index in [2.05, 4.69) is 15.3 Å². The molecule has 1 aliphatic rings. The molecule has 1 aliphatic heterocycles. The van der Waals surface area contributed by atoms with E-state index in [4.69, 9.17) is 0 Å². The zero-order valence-corrected chi connectivity index (χ0v) is 11.1. The molecule has 1 atom stereocenters. The fourth-order valence-electron chi connectivity index (χ4n) is 1.26. The summed E-state index contributed by atoms with van der Waals surface area (Å²) in [5.41, 5.74) is 0. The molecule has 0 saturated carbocycles. The Kier molecular flexibility index (Phi) is 4.44. The number of thioether (sulfide) groups is 2. The third-order valence-electron chi connectivity index (χ3n) is 2.12. The fraction of sp³-hybridized carbons (Fsp3) is 0.364. The molecule has 1 aromatic heterocycles. The predicted molar refractivity (Wildman–Crippen MR) is 74.7 cm³/mol. The van der Waals surface area contributed by atoms with Gasteiger partial charge in [-0.2, -0.15) is 0 Å². The summed E-state index contributed by atoms with van der Waals surface area (Å²) in [7, 11) is 0. The molecule has 4 nitrogen and oxygen atoms in total. The smallest absolute Gasteiger partial charge is 0.238 e. The Balaban J connectivity index is 1.87. The molecular formula is C11H13N3OS2. The van der Waals surface area contributed by atoms with Gasteiger partial charge in [0.25, 0.3) is 0 Å². The highest BCUT2D eigenvalue weighted by atomic mass is 32.2. The second-order valence-electron chi connectivity index (χ2n) is 3.46. The molecule has 0 aliphatic carbocycles. The first-order chi connectivity index (χ1) is 8.25. The second kappa shape index (κ2) is 6.07. The maximum atomic E-state index is 11.9. The van der Waals surface area contributed by atoms with Gasteiger partial charge in [-0.15, -0.1) is 0 Å². The normalized spacial score (nSPS) is 16.4. The van der Waals surface area contributed by atoms with Crippen molar-refractivity contribution in [2.75, 3.05) is 17.6 Å². The number of pyridine rings is 1. The van der Waals surface area contributed by atoms with Crippen molar-refractivity contribution in [3.8, 4) is 0 Å². The highest BCUT2D eigenvalue weighted by Gasteiger charge is 2.18. The minimum atomic E-state index is -0.152. The van der Waals surface area contributed by atoms with Crippen molar-refractivity contribution >= 4 is 39.6 Å². The number of rotatable bonds is 3. The fourth-order valence-corrected chi connectivity index (χ4v) is 3.39. The van der Waals surface area contributed by atoms with Gasteiger partial charge in [0.1, 0.15) is 10.2 Å². The van der Waals surface area contributed by atoms with Crippen LogP contribution in [0.15, 0.2) is 29.4 Å². The van der Waals surface area contributed by atoms with Crippen LogP contribution >= 0.6 is 23.5 Å². The molecule has 1 unspecified atom stereocenters. The molecule has 2 rings (SSSR count). The van der Waals surface area contributed by atoms with Gasteiger partial charge >= 0.3 is 0 Å². The quantitative estimate of drug-likeness (QED) is 0.912. The van der Waals surface area contributed by atoms with Gasteiger partial charge in [-0.25, -0.2) is 4.98 Å². The topological polar surface area (TPSA) is 54.4 Å². The summed E-state index contributed by atoms with van der Waals surface area (Å²) in [5.74, 6) is 1.58. The molecule has 0 aromatic carbocycles. The second-order valence-corrected chi connectivity index (χ2v) is 6.13. The molecular weight excluding hydrogens is 254 g/mol. The van der Waals surface area contributed by atoms with Crippen LogP contribution < -0.4 is 5.32 Å². The van der Waals surface area contributed by atoms with Gasteiger partial charge in [0.2, 0.25) is 5.91 Å². The van der Waals surface area contributed by atoms with E-state index >= 15 is 0 Å². The number of hydrogen-bond donors (Lipinski definition) is 1. The van der Waals surface area contributed by atoms with Gasteiger partial charge in [-0.3, -0.25) is 9.79 Å². The largest absolute Gasteiger partial charge is 0.310 e. The van der Waals surface area contributed by atoms with Crippen LogP contribution in [0.25, 0.3) is 0 Å². The summed E-state index contributed by atoms with van der Waals surface area (Å²) in [6.45, 7) is 2.74. The zero-order chi connectivity index (χ0) is 12.1. The Morgan fingerprint density at radius 2 is 2.47 bits per heavy atom. The molecule has 0 bridgehead atoms. The Morgan fingerprint density at radius 3 is 3.12 bits per heavy atom. The maximum absolute atomic E-state index is 11.9. The van der Waals surface area contributed by atoms with Crippen LogP contribution in [0, 0.1) is 0 Å². The Labute approximate surface area is 109 Å². The molecule has 1 amide bonds. The van der Waals surface area contributed by atoms with Crippen molar-refractivity contribution in [1.82, 2.24) is 4.98 Å². The van der Waals surface area contributed by atoms with Crippen LogP contribution in [-0.4, -0.2) is 32.8 Å². The standard InChI is InChI=1S/C11H13N3OS2/c1-8(17-11-13-6-7-16-11)10(15)14-9-4-2-3-5-12-9/h2-5,8H,6-7H2,1H3,(H,12,14,15). The summed E-state index contributed by atoms with van der Waals surface area (Å²) in [5, 5.41) is 2.63. The van der Waals surface area contributed by atoms with E-state index in [1.54, 1.807) is 24.0 Å². The predicted octanol–water partition coefficient (Wildman–Crippen LogP) is 2.24. The van der Waals surface area contributed by atoms with E-state index in [0.29, 0.717) is 5.82 Å². The molecule has 2 heterocycles. The maximum Gasteiger partial charge on any atom is 0.238 e. The molecule has 17 heavy (non-hydrogen) atoms. The molecule has 90 valence electrons. The van der Waals surface area contributed by atoms with Crippen LogP contribution in [0.4, 0.5) is 5.82 Å². The summed E-state index contributed by atoms with van der Waals surface area (Å²) in [6, 6.07) is 5.44. The van der Waals surface area contributed by atoms with Crippen LogP contribution in [0.1, 0.15) is 6.92 Å². The number of carbonyl (C=O) groups excluding carboxylic acids is 1. The Hall–Kier alpha value is -1.01. The number of nitrogens with one attached hydrogen (secondary N) is 1. The van der Waals surface area contributed by atoms with Crippen molar-refractivity contribution in [1.29, 1.82) is 0 Å². The molecule has 0 fully saturated rings. The first kappa shape index (κ1) is 12.4. The van der Waals surface area contributed by atoms with E-state index < -0.39 is 0 Å².